The summed E-state index contributed by atoms with van der Waals surface area (Å²) in [6.45, 7) is 6.83. The number of allylic oxidation sites excluding steroid dienone is 1. The van der Waals surface area contributed by atoms with Crippen molar-refractivity contribution in [2.75, 3.05) is 13.2 Å². The van der Waals surface area contributed by atoms with Gasteiger partial charge in [0.2, 0.25) is 5.24 Å². The lowest BCUT2D eigenvalue weighted by Crippen LogP contribution is -2.02. The molecule has 3 N–H and O–H groups in total. The van der Waals surface area contributed by atoms with Crippen LogP contribution >= 0.6 is 11.6 Å². The Morgan fingerprint density at radius 1 is 0.815 bits per heavy atom. The molecule has 0 aliphatic carbocycles. The molecule has 0 saturated heterocycles. The molecule has 156 valence electrons. The smallest absolute Gasteiger partial charge is 0.330 e. The Kier molecular flexibility index (Phi) is 26.1. The van der Waals surface area contributed by atoms with Gasteiger partial charge in [-0.2, -0.15) is 0 Å². The normalized spacial score (nSPS) is 8.81. The van der Waals surface area contributed by atoms with Crippen molar-refractivity contribution in [1.29, 1.82) is 0 Å². The molecule has 0 aliphatic rings. The molecule has 0 fully saturated rings. The van der Waals surface area contributed by atoms with E-state index in [1.807, 2.05) is 0 Å². The van der Waals surface area contributed by atoms with Gasteiger partial charge in [0.1, 0.15) is 0 Å². The minimum atomic E-state index is -0.789. The number of rotatable bonds is 13. The summed E-state index contributed by atoms with van der Waals surface area (Å²) >= 11 is 4.71. The number of ether oxygens (including phenoxy) is 1. The Bertz CT molecular complexity index is 449. The number of aliphatic hydroxyl groups excluding tert-OH is 1. The summed E-state index contributed by atoms with van der Waals surface area (Å²) in [6.07, 6.45) is 6.84. The van der Waals surface area contributed by atoms with Crippen LogP contribution in [-0.4, -0.2) is 51.7 Å². The number of carboxylic acids is 2. The molecule has 0 amide bonds. The fourth-order valence-corrected chi connectivity index (χ4v) is 1.35. The number of halogens is 1. The van der Waals surface area contributed by atoms with Crippen molar-refractivity contribution >= 4 is 34.8 Å². The highest BCUT2D eigenvalue weighted by atomic mass is 35.5. The molecule has 0 rings (SSSR count). The molecule has 0 atom stereocenters. The minimum Gasteiger partial charge on any atom is -0.481 e. The molecule has 0 saturated carbocycles. The first-order valence-corrected chi connectivity index (χ1v) is 8.74. The summed E-state index contributed by atoms with van der Waals surface area (Å²) in [4.78, 5) is 40.0. The van der Waals surface area contributed by atoms with Crippen LogP contribution in [0.15, 0.2) is 25.3 Å². The van der Waals surface area contributed by atoms with E-state index in [0.717, 1.165) is 25.0 Å². The fraction of sp³-hybridized carbons (Fsp3) is 0.556. The van der Waals surface area contributed by atoms with Crippen molar-refractivity contribution in [1.82, 2.24) is 0 Å². The first-order chi connectivity index (χ1) is 12.7. The number of unbranched alkanes of at least 4 members (excludes halogenated alkanes) is 4. The second-order valence-corrected chi connectivity index (χ2v) is 5.38. The van der Waals surface area contributed by atoms with E-state index in [-0.39, 0.29) is 19.4 Å². The highest BCUT2D eigenvalue weighted by Gasteiger charge is 1.98. The molecule has 0 bridgehead atoms. The quantitative estimate of drug-likeness (QED) is 0.183. The number of aliphatic carboxylic acids is 2. The third-order valence-electron chi connectivity index (χ3n) is 2.66. The van der Waals surface area contributed by atoms with Crippen LogP contribution in [0.5, 0.6) is 0 Å². The molecular formula is C18H29ClO8. The molecule has 0 aromatic heterocycles. The summed E-state index contributed by atoms with van der Waals surface area (Å²) in [7, 11) is 0. The maximum atomic E-state index is 10.5. The van der Waals surface area contributed by atoms with Crippen molar-refractivity contribution in [3.05, 3.63) is 25.3 Å². The van der Waals surface area contributed by atoms with Crippen LogP contribution in [0.4, 0.5) is 0 Å². The standard InChI is InChI=1S/C9H14O4.C6H12O3.C3H3ClO/c1-2-9(12)13-7-5-3-4-6-8(10)11;7-5-3-1-2-4-6(8)9;1-2-3(4)5/h2H,1,3-7H2,(H,10,11);7H,1-5H2,(H,8,9);2H,1H2. The van der Waals surface area contributed by atoms with E-state index < -0.39 is 23.2 Å². The van der Waals surface area contributed by atoms with E-state index in [9.17, 15) is 19.2 Å². The molecule has 0 spiro atoms. The molecule has 27 heavy (non-hydrogen) atoms. The predicted molar refractivity (Wildman–Crippen MR) is 102 cm³/mol. The van der Waals surface area contributed by atoms with E-state index in [4.69, 9.17) is 31.7 Å². The number of carbonyl (C=O) groups excluding carboxylic acids is 2. The SMILES string of the molecule is C=CC(=O)Cl.C=CC(=O)OCCCCCC(=O)O.O=C(O)CCCCCO. The highest BCUT2D eigenvalue weighted by Crippen LogP contribution is 2.00. The monoisotopic (exact) mass is 408 g/mol. The van der Waals surface area contributed by atoms with Crippen LogP contribution in [0.2, 0.25) is 0 Å². The highest BCUT2D eigenvalue weighted by molar-refractivity contribution is 6.66. The summed E-state index contributed by atoms with van der Waals surface area (Å²) in [6, 6.07) is 0. The lowest BCUT2D eigenvalue weighted by molar-refractivity contribution is -0.139. The van der Waals surface area contributed by atoms with Gasteiger partial charge < -0.3 is 20.1 Å². The first-order valence-electron chi connectivity index (χ1n) is 8.36. The maximum Gasteiger partial charge on any atom is 0.330 e. The molecule has 0 aromatic carbocycles. The predicted octanol–water partition coefficient (Wildman–Crippen LogP) is 2.92. The lowest BCUT2D eigenvalue weighted by Gasteiger charge is -2.00. The topological polar surface area (TPSA) is 138 Å². The number of aliphatic hydroxyl groups is 1. The molecule has 0 unspecified atom stereocenters. The Morgan fingerprint density at radius 3 is 1.59 bits per heavy atom. The average molecular weight is 409 g/mol. The van der Waals surface area contributed by atoms with E-state index in [2.05, 4.69) is 13.2 Å². The van der Waals surface area contributed by atoms with Gasteiger partial charge in [-0.05, 0) is 49.8 Å². The van der Waals surface area contributed by atoms with Gasteiger partial charge in [0.05, 0.1) is 6.61 Å². The van der Waals surface area contributed by atoms with Crippen LogP contribution in [0.1, 0.15) is 51.4 Å². The Balaban J connectivity index is -0.000000356. The minimum absolute atomic E-state index is 0.166. The van der Waals surface area contributed by atoms with Gasteiger partial charge >= 0.3 is 17.9 Å². The zero-order valence-electron chi connectivity index (χ0n) is 15.4. The first kappa shape index (κ1) is 29.6. The van der Waals surface area contributed by atoms with E-state index in [1.165, 1.54) is 0 Å². The summed E-state index contributed by atoms with van der Waals surface area (Å²) < 4.78 is 4.69. The number of hydrogen-bond donors (Lipinski definition) is 3. The molecule has 0 aliphatic heterocycles. The van der Waals surface area contributed by atoms with Crippen molar-refractivity contribution in [3.8, 4) is 0 Å². The lowest BCUT2D eigenvalue weighted by atomic mass is 10.2. The zero-order valence-corrected chi connectivity index (χ0v) is 16.2. The molecule has 0 radical (unpaired) electrons. The van der Waals surface area contributed by atoms with Gasteiger partial charge in [-0.15, -0.1) is 0 Å². The number of carboxylic acid groups (broad SMARTS) is 2. The zero-order chi connectivity index (χ0) is 21.5. The van der Waals surface area contributed by atoms with Crippen LogP contribution in [0.3, 0.4) is 0 Å². The van der Waals surface area contributed by atoms with Crippen molar-refractivity contribution in [3.63, 3.8) is 0 Å². The largest absolute Gasteiger partial charge is 0.481 e. The van der Waals surface area contributed by atoms with E-state index >= 15 is 0 Å². The molecular weight excluding hydrogens is 380 g/mol. The number of hydrogen-bond acceptors (Lipinski definition) is 6. The third-order valence-corrected chi connectivity index (χ3v) is 2.81. The van der Waals surface area contributed by atoms with Crippen LogP contribution < -0.4 is 0 Å². The van der Waals surface area contributed by atoms with Crippen molar-refractivity contribution in [2.45, 2.75) is 51.4 Å². The maximum absolute atomic E-state index is 10.5. The number of esters is 1. The Labute approximate surface area is 164 Å². The van der Waals surface area contributed by atoms with Crippen LogP contribution in [0, 0.1) is 0 Å². The van der Waals surface area contributed by atoms with Crippen molar-refractivity contribution < 1.29 is 39.2 Å². The van der Waals surface area contributed by atoms with Gasteiger partial charge in [0, 0.05) is 25.5 Å². The number of carbonyl (C=O) groups is 4. The third kappa shape index (κ3) is 40.1. The van der Waals surface area contributed by atoms with Gasteiger partial charge in [-0.25, -0.2) is 4.79 Å². The molecule has 8 nitrogen and oxygen atoms in total. The van der Waals surface area contributed by atoms with Crippen LogP contribution in [-0.2, 0) is 23.9 Å². The Morgan fingerprint density at radius 2 is 1.26 bits per heavy atom. The summed E-state index contributed by atoms with van der Waals surface area (Å²) in [5.74, 6) is -1.98. The second-order valence-electron chi connectivity index (χ2n) is 5.01. The van der Waals surface area contributed by atoms with Crippen molar-refractivity contribution in [2.24, 2.45) is 0 Å². The van der Waals surface area contributed by atoms with E-state index in [1.54, 1.807) is 0 Å². The Hall–Kier alpha value is -2.19. The van der Waals surface area contributed by atoms with Gasteiger partial charge in [0.25, 0.3) is 0 Å². The average Bonchev–Trinajstić information content (AvgIpc) is 2.62. The molecule has 9 heteroatoms. The van der Waals surface area contributed by atoms with Gasteiger partial charge in [-0.3, -0.25) is 14.4 Å². The summed E-state index contributed by atoms with van der Waals surface area (Å²) in [5, 5.41) is 24.2. The van der Waals surface area contributed by atoms with E-state index in [0.29, 0.717) is 32.3 Å². The molecule has 0 aromatic rings. The molecule has 0 heterocycles. The summed E-state index contributed by atoms with van der Waals surface area (Å²) in [5.41, 5.74) is 0. The van der Waals surface area contributed by atoms with Gasteiger partial charge in [-0.1, -0.05) is 19.6 Å². The van der Waals surface area contributed by atoms with Crippen LogP contribution in [0.25, 0.3) is 0 Å². The fourth-order valence-electron chi connectivity index (χ4n) is 1.35. The van der Waals surface area contributed by atoms with Gasteiger partial charge in [0.15, 0.2) is 0 Å². The second kappa shape index (κ2) is 23.8.